The van der Waals surface area contributed by atoms with Gasteiger partial charge in [-0.05, 0) is 32.9 Å². The van der Waals surface area contributed by atoms with E-state index in [2.05, 4.69) is 30.7 Å². The van der Waals surface area contributed by atoms with Crippen molar-refractivity contribution in [1.29, 1.82) is 0 Å². The number of nitrogens with zero attached hydrogens (tertiary/aromatic N) is 2. The van der Waals surface area contributed by atoms with Crippen LogP contribution in [0.25, 0.3) is 10.6 Å². The molecule has 0 bridgehead atoms. The summed E-state index contributed by atoms with van der Waals surface area (Å²) < 4.78 is 43.9. The van der Waals surface area contributed by atoms with E-state index < -0.39 is 11.7 Å². The zero-order valence-electron chi connectivity index (χ0n) is 14.4. The van der Waals surface area contributed by atoms with Crippen molar-refractivity contribution >= 4 is 11.3 Å². The highest BCUT2D eigenvalue weighted by Gasteiger charge is 2.32. The van der Waals surface area contributed by atoms with E-state index in [1.165, 1.54) is 23.5 Å². The lowest BCUT2D eigenvalue weighted by atomic mass is 10.1. The molecule has 136 valence electrons. The molecule has 0 radical (unpaired) electrons. The third kappa shape index (κ3) is 4.59. The molecule has 1 atom stereocenters. The third-order valence-electron chi connectivity index (χ3n) is 4.04. The van der Waals surface area contributed by atoms with E-state index in [1.807, 2.05) is 5.38 Å². The van der Waals surface area contributed by atoms with Crippen LogP contribution in [0.5, 0.6) is 0 Å². The van der Waals surface area contributed by atoms with Gasteiger partial charge in [0.2, 0.25) is 0 Å². The minimum Gasteiger partial charge on any atom is -0.370 e. The Morgan fingerprint density at radius 3 is 2.56 bits per heavy atom. The van der Waals surface area contributed by atoms with Crippen LogP contribution in [0.1, 0.15) is 32.0 Å². The lowest BCUT2D eigenvalue weighted by Gasteiger charge is -2.41. The van der Waals surface area contributed by atoms with Crippen molar-refractivity contribution in [3.63, 3.8) is 0 Å². The Kier molecular flexibility index (Phi) is 4.92. The molecule has 0 spiro atoms. The van der Waals surface area contributed by atoms with Gasteiger partial charge in [-0.1, -0.05) is 12.1 Å². The van der Waals surface area contributed by atoms with Gasteiger partial charge >= 0.3 is 6.18 Å². The first-order chi connectivity index (χ1) is 11.6. The molecule has 0 N–H and O–H groups in total. The van der Waals surface area contributed by atoms with Crippen LogP contribution in [-0.2, 0) is 17.5 Å². The fourth-order valence-electron chi connectivity index (χ4n) is 3.25. The molecule has 1 fully saturated rings. The maximum atomic E-state index is 12.7. The zero-order chi connectivity index (χ0) is 18.2. The average molecular weight is 370 g/mol. The maximum Gasteiger partial charge on any atom is 0.416 e. The molecule has 1 aliphatic heterocycles. The van der Waals surface area contributed by atoms with Gasteiger partial charge in [-0.15, -0.1) is 11.3 Å². The third-order valence-corrected chi connectivity index (χ3v) is 4.98. The normalized spacial score (nSPS) is 21.4. The van der Waals surface area contributed by atoms with Crippen molar-refractivity contribution in [3.8, 4) is 10.6 Å². The molecule has 25 heavy (non-hydrogen) atoms. The van der Waals surface area contributed by atoms with Crippen LogP contribution in [0, 0.1) is 0 Å². The first kappa shape index (κ1) is 18.4. The predicted molar refractivity (Wildman–Crippen MR) is 92.5 cm³/mol. The Morgan fingerprint density at radius 2 is 1.96 bits per heavy atom. The number of thiazole rings is 1. The van der Waals surface area contributed by atoms with Gasteiger partial charge in [0, 0.05) is 30.6 Å². The average Bonchev–Trinajstić information content (AvgIpc) is 2.92. The summed E-state index contributed by atoms with van der Waals surface area (Å²) in [5, 5.41) is 2.71. The summed E-state index contributed by atoms with van der Waals surface area (Å²) in [6.45, 7) is 8.59. The first-order valence-electron chi connectivity index (χ1n) is 8.15. The van der Waals surface area contributed by atoms with Gasteiger partial charge in [-0.3, -0.25) is 4.90 Å². The zero-order valence-corrected chi connectivity index (χ0v) is 15.2. The highest BCUT2D eigenvalue weighted by molar-refractivity contribution is 7.13. The highest BCUT2D eigenvalue weighted by Crippen LogP contribution is 2.32. The van der Waals surface area contributed by atoms with Gasteiger partial charge in [0.1, 0.15) is 5.01 Å². The van der Waals surface area contributed by atoms with Gasteiger partial charge in [0.15, 0.2) is 0 Å². The lowest BCUT2D eigenvalue weighted by molar-refractivity contribution is -0.137. The van der Waals surface area contributed by atoms with Crippen LogP contribution in [0.4, 0.5) is 13.2 Å². The van der Waals surface area contributed by atoms with E-state index in [0.29, 0.717) is 12.1 Å². The van der Waals surface area contributed by atoms with Crippen LogP contribution in [0.15, 0.2) is 29.6 Å². The first-order valence-corrected chi connectivity index (χ1v) is 9.02. The van der Waals surface area contributed by atoms with Gasteiger partial charge in [0.25, 0.3) is 0 Å². The fraction of sp³-hybridized carbons (Fsp3) is 0.500. The molecule has 1 saturated heterocycles. The summed E-state index contributed by atoms with van der Waals surface area (Å²) in [5.41, 5.74) is 0.812. The van der Waals surface area contributed by atoms with Gasteiger partial charge in [-0.25, -0.2) is 4.98 Å². The summed E-state index contributed by atoms with van der Waals surface area (Å²) in [7, 11) is 0. The van der Waals surface area contributed by atoms with Crippen molar-refractivity contribution in [3.05, 3.63) is 40.9 Å². The summed E-state index contributed by atoms with van der Waals surface area (Å²) in [5.74, 6) is 0. The molecule has 1 aromatic heterocycles. The van der Waals surface area contributed by atoms with Gasteiger partial charge in [-0.2, -0.15) is 13.2 Å². The van der Waals surface area contributed by atoms with E-state index in [-0.39, 0.29) is 11.7 Å². The molecule has 1 aromatic carbocycles. The summed E-state index contributed by atoms with van der Waals surface area (Å²) in [4.78, 5) is 6.90. The minimum atomic E-state index is -4.31. The van der Waals surface area contributed by atoms with Crippen molar-refractivity contribution in [2.75, 3.05) is 13.1 Å². The van der Waals surface area contributed by atoms with E-state index in [4.69, 9.17) is 4.74 Å². The van der Waals surface area contributed by atoms with E-state index in [0.717, 1.165) is 35.9 Å². The molecule has 2 aromatic rings. The molecule has 3 nitrogen and oxygen atoms in total. The number of halogens is 3. The van der Waals surface area contributed by atoms with E-state index >= 15 is 0 Å². The number of alkyl halides is 3. The molecule has 2 heterocycles. The topological polar surface area (TPSA) is 25.4 Å². The molecule has 0 saturated carbocycles. The molecule has 1 unspecified atom stereocenters. The van der Waals surface area contributed by atoms with E-state index in [1.54, 1.807) is 0 Å². The van der Waals surface area contributed by atoms with Crippen molar-refractivity contribution in [2.24, 2.45) is 0 Å². The lowest BCUT2D eigenvalue weighted by Crippen LogP contribution is -2.51. The van der Waals surface area contributed by atoms with Crippen LogP contribution in [0.2, 0.25) is 0 Å². The Morgan fingerprint density at radius 1 is 1.28 bits per heavy atom. The van der Waals surface area contributed by atoms with Crippen LogP contribution < -0.4 is 0 Å². The smallest absolute Gasteiger partial charge is 0.370 e. The number of benzene rings is 1. The largest absolute Gasteiger partial charge is 0.416 e. The van der Waals surface area contributed by atoms with Crippen LogP contribution in [-0.4, -0.2) is 34.7 Å². The molecular weight excluding hydrogens is 349 g/mol. The Bertz CT molecular complexity index is 725. The van der Waals surface area contributed by atoms with Crippen molar-refractivity contribution < 1.29 is 17.9 Å². The summed E-state index contributed by atoms with van der Waals surface area (Å²) >= 11 is 1.45. The quantitative estimate of drug-likeness (QED) is 0.774. The Labute approximate surface area is 149 Å². The molecule has 3 rings (SSSR count). The second-order valence-electron chi connectivity index (χ2n) is 7.08. The molecule has 0 aliphatic carbocycles. The SMILES string of the molecule is CC1CN(Cc2csc(-c3ccc(C(F)(F)F)cc3)n2)CC(C)(C)O1. The number of hydrogen-bond acceptors (Lipinski definition) is 4. The second kappa shape index (κ2) is 6.70. The summed E-state index contributed by atoms with van der Waals surface area (Å²) in [6.07, 6.45) is -4.15. The minimum absolute atomic E-state index is 0.164. The molecular formula is C18H21F3N2OS. The summed E-state index contributed by atoms with van der Waals surface area (Å²) in [6, 6.07) is 5.15. The second-order valence-corrected chi connectivity index (χ2v) is 7.93. The predicted octanol–water partition coefficient (Wildman–Crippen LogP) is 4.83. The molecule has 1 aliphatic rings. The number of aromatic nitrogens is 1. The van der Waals surface area contributed by atoms with Crippen LogP contribution in [0.3, 0.4) is 0 Å². The Balaban J connectivity index is 1.70. The molecule has 0 amide bonds. The van der Waals surface area contributed by atoms with Crippen molar-refractivity contribution in [1.82, 2.24) is 9.88 Å². The highest BCUT2D eigenvalue weighted by atomic mass is 32.1. The number of rotatable bonds is 3. The fourth-order valence-corrected chi connectivity index (χ4v) is 4.07. The molecule has 7 heteroatoms. The monoisotopic (exact) mass is 370 g/mol. The Hall–Kier alpha value is -1.44. The number of hydrogen-bond donors (Lipinski definition) is 0. The van der Waals surface area contributed by atoms with Gasteiger partial charge in [0.05, 0.1) is 23.0 Å². The van der Waals surface area contributed by atoms with Crippen LogP contribution >= 0.6 is 11.3 Å². The maximum absolute atomic E-state index is 12.7. The standard InChI is InChI=1S/C18H21F3N2OS/c1-12-8-23(11-17(2,3)24-12)9-15-10-25-16(22-15)13-4-6-14(7-5-13)18(19,20)21/h4-7,10,12H,8-9,11H2,1-3H3. The number of morpholine rings is 1. The van der Waals surface area contributed by atoms with Gasteiger partial charge < -0.3 is 4.74 Å². The van der Waals surface area contributed by atoms with Crippen molar-refractivity contribution in [2.45, 2.75) is 45.2 Å². The van der Waals surface area contributed by atoms with E-state index in [9.17, 15) is 13.2 Å². The number of ether oxygens (including phenoxy) is 1.